The van der Waals surface area contributed by atoms with Gasteiger partial charge in [0, 0.05) is 36.5 Å². The van der Waals surface area contributed by atoms with Crippen LogP contribution in [0.3, 0.4) is 0 Å². The topological polar surface area (TPSA) is 184 Å². The van der Waals surface area contributed by atoms with Crippen LogP contribution in [-0.4, -0.2) is 69.3 Å². The van der Waals surface area contributed by atoms with Crippen molar-refractivity contribution in [2.45, 2.75) is 70.1 Å². The Bertz CT molecular complexity index is 2080. The second kappa shape index (κ2) is 15.1. The Morgan fingerprint density at radius 1 is 0.863 bits per heavy atom. The van der Waals surface area contributed by atoms with E-state index in [1.807, 2.05) is 66.7 Å². The molecule has 0 saturated carbocycles. The van der Waals surface area contributed by atoms with Crippen LogP contribution in [0.1, 0.15) is 40.7 Å². The average molecular weight is 689 g/mol. The number of phenols is 1. The number of para-hydroxylation sites is 1. The molecule has 1 fully saturated rings. The standard InChI is InChI=1S/C40H44N6O5/c1-23-16-26(17-24(2)36(23)47)19-31(41)40(51)46-15-7-12-35(46)39(50)45-34(21-29-22-43-32-11-6-5-10-30(29)32)38(49)44-33(37(42)48)20-25-13-14-27-8-3-4-9-28(27)18-25/h3-6,8-11,13-14,16-18,22,31,33-35,43,47H,7,12,15,19-21,41H2,1-2H3,(H2,42,48)(H,44,49)(H,45,50). The summed E-state index contributed by atoms with van der Waals surface area (Å²) in [5.74, 6) is -1.90. The molecule has 4 atom stereocenters. The van der Waals surface area contributed by atoms with E-state index in [4.69, 9.17) is 11.5 Å². The smallest absolute Gasteiger partial charge is 0.243 e. The van der Waals surface area contributed by atoms with Crippen molar-refractivity contribution in [3.63, 3.8) is 0 Å². The number of fused-ring (bicyclic) bond motifs is 2. The number of hydrogen-bond acceptors (Lipinski definition) is 6. The Morgan fingerprint density at radius 2 is 1.57 bits per heavy atom. The number of nitrogens with zero attached hydrogens (tertiary/aromatic N) is 1. The van der Waals surface area contributed by atoms with Gasteiger partial charge in [-0.2, -0.15) is 0 Å². The van der Waals surface area contributed by atoms with Gasteiger partial charge in [0.25, 0.3) is 0 Å². The minimum atomic E-state index is -1.08. The molecule has 1 aromatic heterocycles. The fraction of sp³-hybridized carbons (Fsp3) is 0.300. The predicted octanol–water partition coefficient (Wildman–Crippen LogP) is 3.44. The zero-order valence-corrected chi connectivity index (χ0v) is 28.8. The van der Waals surface area contributed by atoms with Crippen molar-refractivity contribution < 1.29 is 24.3 Å². The number of phenolic OH excluding ortho intramolecular Hbond substituents is 1. The molecule has 4 aromatic carbocycles. The van der Waals surface area contributed by atoms with Crippen molar-refractivity contribution in [3.05, 3.63) is 113 Å². The van der Waals surface area contributed by atoms with E-state index in [1.54, 1.807) is 32.2 Å². The highest BCUT2D eigenvalue weighted by atomic mass is 16.3. The third-order valence-corrected chi connectivity index (χ3v) is 9.81. The zero-order valence-electron chi connectivity index (χ0n) is 28.8. The van der Waals surface area contributed by atoms with Crippen LogP contribution in [0.4, 0.5) is 0 Å². The second-order valence-electron chi connectivity index (χ2n) is 13.6. The third-order valence-electron chi connectivity index (χ3n) is 9.81. The summed E-state index contributed by atoms with van der Waals surface area (Å²) in [5, 5.41) is 18.8. The molecular formula is C40H44N6O5. The monoisotopic (exact) mass is 688 g/mol. The maximum atomic E-state index is 14.0. The van der Waals surface area contributed by atoms with E-state index in [0.717, 1.165) is 38.4 Å². The van der Waals surface area contributed by atoms with Crippen molar-refractivity contribution in [3.8, 4) is 5.75 Å². The molecule has 0 radical (unpaired) electrons. The highest BCUT2D eigenvalue weighted by Crippen LogP contribution is 2.25. The number of amides is 4. The molecule has 2 heterocycles. The predicted molar refractivity (Wildman–Crippen MR) is 197 cm³/mol. The molecule has 51 heavy (non-hydrogen) atoms. The van der Waals surface area contributed by atoms with Crippen molar-refractivity contribution in [1.29, 1.82) is 0 Å². The summed E-state index contributed by atoms with van der Waals surface area (Å²) >= 11 is 0. The van der Waals surface area contributed by atoms with Gasteiger partial charge in [0.2, 0.25) is 23.6 Å². The number of carbonyl (C=O) groups excluding carboxylic acids is 4. The number of likely N-dealkylation sites (tertiary alicyclic amines) is 1. The summed E-state index contributed by atoms with van der Waals surface area (Å²) in [6, 6.07) is 21.1. The van der Waals surface area contributed by atoms with Crippen LogP contribution in [0.25, 0.3) is 21.7 Å². The molecule has 11 nitrogen and oxygen atoms in total. The molecule has 4 amide bonds. The van der Waals surface area contributed by atoms with Gasteiger partial charge in [0.15, 0.2) is 0 Å². The number of carbonyl (C=O) groups is 4. The summed E-state index contributed by atoms with van der Waals surface area (Å²) in [6.07, 6.45) is 3.35. The van der Waals surface area contributed by atoms with Crippen LogP contribution in [0.15, 0.2) is 85.1 Å². The van der Waals surface area contributed by atoms with Crippen molar-refractivity contribution in [2.75, 3.05) is 6.54 Å². The lowest BCUT2D eigenvalue weighted by Gasteiger charge is -2.29. The Balaban J connectivity index is 1.20. The van der Waals surface area contributed by atoms with E-state index in [2.05, 4.69) is 15.6 Å². The molecule has 6 rings (SSSR count). The maximum absolute atomic E-state index is 14.0. The molecular weight excluding hydrogens is 644 g/mol. The van der Waals surface area contributed by atoms with Crippen molar-refractivity contribution in [1.82, 2.24) is 20.5 Å². The zero-order chi connectivity index (χ0) is 36.2. The fourth-order valence-corrected chi connectivity index (χ4v) is 7.11. The van der Waals surface area contributed by atoms with Crippen LogP contribution in [-0.2, 0) is 38.4 Å². The van der Waals surface area contributed by atoms with Gasteiger partial charge >= 0.3 is 0 Å². The molecule has 1 aliphatic heterocycles. The Morgan fingerprint density at radius 3 is 2.31 bits per heavy atom. The maximum Gasteiger partial charge on any atom is 0.243 e. The van der Waals surface area contributed by atoms with E-state index < -0.39 is 41.9 Å². The summed E-state index contributed by atoms with van der Waals surface area (Å²) in [4.78, 5) is 59.0. The molecule has 0 bridgehead atoms. The van der Waals surface area contributed by atoms with E-state index in [0.29, 0.717) is 30.5 Å². The van der Waals surface area contributed by atoms with E-state index in [1.165, 1.54) is 4.90 Å². The van der Waals surface area contributed by atoms with Gasteiger partial charge in [0.1, 0.15) is 23.9 Å². The first kappa shape index (κ1) is 35.2. The minimum absolute atomic E-state index is 0.128. The van der Waals surface area contributed by atoms with Crippen LogP contribution in [0.5, 0.6) is 5.75 Å². The lowest BCUT2D eigenvalue weighted by molar-refractivity contribution is -0.140. The Labute approximate surface area is 296 Å². The van der Waals surface area contributed by atoms with Gasteiger partial charge in [-0.15, -0.1) is 0 Å². The van der Waals surface area contributed by atoms with Crippen LogP contribution in [0.2, 0.25) is 0 Å². The largest absolute Gasteiger partial charge is 0.507 e. The van der Waals surface area contributed by atoms with Gasteiger partial charge in [-0.3, -0.25) is 19.2 Å². The molecule has 11 heteroatoms. The van der Waals surface area contributed by atoms with E-state index in [-0.39, 0.29) is 30.9 Å². The Kier molecular flexibility index (Phi) is 10.4. The third kappa shape index (κ3) is 7.89. The Hall–Kier alpha value is -5.68. The minimum Gasteiger partial charge on any atom is -0.507 e. The van der Waals surface area contributed by atoms with Crippen LogP contribution < -0.4 is 22.1 Å². The molecule has 4 unspecified atom stereocenters. The molecule has 1 saturated heterocycles. The molecule has 0 aliphatic carbocycles. The molecule has 5 aromatic rings. The number of aromatic hydroxyl groups is 1. The first-order valence-electron chi connectivity index (χ1n) is 17.3. The molecule has 0 spiro atoms. The van der Waals surface area contributed by atoms with Gasteiger partial charge in [-0.05, 0) is 77.8 Å². The normalized spacial score (nSPS) is 16.1. The van der Waals surface area contributed by atoms with Gasteiger partial charge in [-0.25, -0.2) is 0 Å². The average Bonchev–Trinajstić information content (AvgIpc) is 3.77. The van der Waals surface area contributed by atoms with Gasteiger partial charge in [-0.1, -0.05) is 72.8 Å². The molecule has 1 aliphatic rings. The van der Waals surface area contributed by atoms with Gasteiger partial charge < -0.3 is 37.1 Å². The summed E-state index contributed by atoms with van der Waals surface area (Å²) in [7, 11) is 0. The number of hydrogen-bond donors (Lipinski definition) is 6. The number of H-pyrrole nitrogens is 1. The first-order chi connectivity index (χ1) is 24.5. The van der Waals surface area contributed by atoms with E-state index in [9.17, 15) is 24.3 Å². The SMILES string of the molecule is Cc1cc(CC(N)C(=O)N2CCCC2C(=O)NC(Cc2c[nH]c3ccccc23)C(=O)NC(Cc2ccc3ccccc3c2)C(N)=O)cc(C)c1O. The number of aromatic nitrogens is 1. The number of aromatic amines is 1. The number of primary amides is 1. The summed E-state index contributed by atoms with van der Waals surface area (Å²) in [5.41, 5.74) is 16.9. The number of nitrogens with one attached hydrogen (secondary N) is 3. The lowest BCUT2D eigenvalue weighted by atomic mass is 9.99. The van der Waals surface area contributed by atoms with Crippen molar-refractivity contribution in [2.24, 2.45) is 11.5 Å². The first-order valence-corrected chi connectivity index (χ1v) is 17.3. The summed E-state index contributed by atoms with van der Waals surface area (Å²) in [6.45, 7) is 3.93. The lowest BCUT2D eigenvalue weighted by Crippen LogP contribution is -2.58. The number of nitrogens with two attached hydrogens (primary N) is 2. The number of benzene rings is 4. The molecule has 8 N–H and O–H groups in total. The summed E-state index contributed by atoms with van der Waals surface area (Å²) < 4.78 is 0. The molecule has 264 valence electrons. The van der Waals surface area contributed by atoms with Crippen LogP contribution in [0, 0.1) is 13.8 Å². The highest BCUT2D eigenvalue weighted by molar-refractivity contribution is 5.96. The van der Waals surface area contributed by atoms with E-state index >= 15 is 0 Å². The second-order valence-corrected chi connectivity index (χ2v) is 13.6. The quantitative estimate of drug-likeness (QED) is 0.117. The number of rotatable bonds is 12. The van der Waals surface area contributed by atoms with Crippen LogP contribution >= 0.6 is 0 Å². The van der Waals surface area contributed by atoms with Gasteiger partial charge in [0.05, 0.1) is 6.04 Å². The number of aryl methyl sites for hydroxylation is 2. The van der Waals surface area contributed by atoms with Crippen molar-refractivity contribution >= 4 is 45.3 Å². The fourth-order valence-electron chi connectivity index (χ4n) is 7.11. The highest BCUT2D eigenvalue weighted by Gasteiger charge is 2.38.